The number of hydrogen-bond acceptors (Lipinski definition) is 6. The Labute approximate surface area is 98.1 Å². The molecule has 0 saturated heterocycles. The quantitative estimate of drug-likeness (QED) is 0.665. The number of likely N-dealkylation sites (N-methyl/N-ethyl adjacent to an activating group) is 1. The van der Waals surface area contributed by atoms with Gasteiger partial charge in [-0.05, 0) is 13.8 Å². The lowest BCUT2D eigenvalue weighted by Crippen LogP contribution is -2.25. The van der Waals surface area contributed by atoms with Crippen molar-refractivity contribution in [1.29, 1.82) is 0 Å². The van der Waals surface area contributed by atoms with E-state index in [9.17, 15) is 9.59 Å². The second-order valence-corrected chi connectivity index (χ2v) is 3.61. The van der Waals surface area contributed by atoms with Crippen LogP contribution in [0.15, 0.2) is 0 Å². The first-order valence-electron chi connectivity index (χ1n) is 5.06. The summed E-state index contributed by atoms with van der Waals surface area (Å²) in [5, 5.41) is 9.61. The fourth-order valence-corrected chi connectivity index (χ4v) is 1.07. The molecule has 0 radical (unpaired) electrons. The van der Waals surface area contributed by atoms with Gasteiger partial charge in [0.2, 0.25) is 11.6 Å². The van der Waals surface area contributed by atoms with E-state index in [0.717, 1.165) is 4.68 Å². The zero-order valence-electron chi connectivity index (χ0n) is 9.93. The van der Waals surface area contributed by atoms with Gasteiger partial charge in [0.1, 0.15) is 6.54 Å². The first kappa shape index (κ1) is 12.9. The minimum atomic E-state index is -0.652. The summed E-state index contributed by atoms with van der Waals surface area (Å²) in [4.78, 5) is 22.6. The average Bonchev–Trinajstić information content (AvgIpc) is 2.59. The molecule has 1 aromatic heterocycles. The van der Waals surface area contributed by atoms with Gasteiger partial charge in [0, 0.05) is 7.05 Å². The van der Waals surface area contributed by atoms with Crippen LogP contribution in [0.3, 0.4) is 0 Å². The van der Waals surface area contributed by atoms with Gasteiger partial charge in [-0.15, -0.1) is 5.10 Å². The second kappa shape index (κ2) is 5.28. The molecule has 94 valence electrons. The van der Waals surface area contributed by atoms with Gasteiger partial charge in [-0.2, -0.15) is 0 Å². The molecule has 1 amide bonds. The van der Waals surface area contributed by atoms with Crippen molar-refractivity contribution in [3.05, 3.63) is 5.69 Å². The Kier molecular flexibility index (Phi) is 4.02. The van der Waals surface area contributed by atoms with Gasteiger partial charge < -0.3 is 15.8 Å². The molecular weight excluding hydrogens is 226 g/mol. The van der Waals surface area contributed by atoms with E-state index in [1.807, 2.05) is 0 Å². The van der Waals surface area contributed by atoms with Crippen LogP contribution < -0.4 is 11.1 Å². The van der Waals surface area contributed by atoms with Crippen LogP contribution in [0.1, 0.15) is 24.3 Å². The van der Waals surface area contributed by atoms with E-state index < -0.39 is 5.97 Å². The Morgan fingerprint density at radius 1 is 1.53 bits per heavy atom. The van der Waals surface area contributed by atoms with E-state index in [4.69, 9.17) is 10.5 Å². The highest BCUT2D eigenvalue weighted by atomic mass is 16.5. The van der Waals surface area contributed by atoms with E-state index in [-0.39, 0.29) is 30.1 Å². The number of aromatic nitrogens is 3. The lowest BCUT2D eigenvalue weighted by atomic mass is 10.4. The third kappa shape index (κ3) is 3.16. The first-order chi connectivity index (χ1) is 7.95. The zero-order chi connectivity index (χ0) is 13.0. The first-order valence-corrected chi connectivity index (χ1v) is 5.06. The molecule has 1 heterocycles. The summed E-state index contributed by atoms with van der Waals surface area (Å²) in [6, 6.07) is 0. The third-order valence-electron chi connectivity index (χ3n) is 1.88. The summed E-state index contributed by atoms with van der Waals surface area (Å²) < 4.78 is 6.06. The molecule has 0 aliphatic carbocycles. The maximum absolute atomic E-state index is 11.5. The minimum Gasteiger partial charge on any atom is -0.458 e. The van der Waals surface area contributed by atoms with Gasteiger partial charge in [-0.1, -0.05) is 5.21 Å². The van der Waals surface area contributed by atoms with Crippen molar-refractivity contribution < 1.29 is 14.3 Å². The van der Waals surface area contributed by atoms with Gasteiger partial charge >= 0.3 is 5.97 Å². The van der Waals surface area contributed by atoms with Gasteiger partial charge in [0.15, 0.2) is 5.82 Å². The number of anilines is 1. The van der Waals surface area contributed by atoms with E-state index >= 15 is 0 Å². The molecule has 8 nitrogen and oxygen atoms in total. The number of carbonyl (C=O) groups excluding carboxylic acids is 2. The van der Waals surface area contributed by atoms with Gasteiger partial charge in [-0.25, -0.2) is 9.48 Å². The number of rotatable bonds is 4. The van der Waals surface area contributed by atoms with Crippen molar-refractivity contribution in [3.8, 4) is 0 Å². The number of nitrogens with zero attached hydrogens (tertiary/aromatic N) is 3. The van der Waals surface area contributed by atoms with Gasteiger partial charge in [-0.3, -0.25) is 4.79 Å². The van der Waals surface area contributed by atoms with Crippen LogP contribution in [0.25, 0.3) is 0 Å². The van der Waals surface area contributed by atoms with Crippen molar-refractivity contribution in [2.75, 3.05) is 12.8 Å². The van der Waals surface area contributed by atoms with Crippen LogP contribution in [-0.4, -0.2) is 40.0 Å². The average molecular weight is 241 g/mol. The molecule has 0 unspecified atom stereocenters. The van der Waals surface area contributed by atoms with E-state index in [1.165, 1.54) is 7.05 Å². The monoisotopic (exact) mass is 241 g/mol. The lowest BCUT2D eigenvalue weighted by Gasteiger charge is -2.06. The normalized spacial score (nSPS) is 10.4. The maximum Gasteiger partial charge on any atom is 0.363 e. The molecule has 0 saturated carbocycles. The predicted molar refractivity (Wildman–Crippen MR) is 59.1 cm³/mol. The number of nitrogens with one attached hydrogen (secondary N) is 1. The highest BCUT2D eigenvalue weighted by Crippen LogP contribution is 2.10. The Morgan fingerprint density at radius 2 is 2.18 bits per heavy atom. The molecule has 8 heteroatoms. The Bertz CT molecular complexity index is 426. The second-order valence-electron chi connectivity index (χ2n) is 3.61. The molecule has 0 fully saturated rings. The number of esters is 1. The summed E-state index contributed by atoms with van der Waals surface area (Å²) >= 11 is 0. The smallest absolute Gasteiger partial charge is 0.363 e. The number of carbonyl (C=O) groups is 2. The summed E-state index contributed by atoms with van der Waals surface area (Å²) in [5.74, 6) is -0.926. The SMILES string of the molecule is CNC(=O)Cn1nnc(C(=O)OC(C)C)c1N. The van der Waals surface area contributed by atoms with Crippen molar-refractivity contribution in [3.63, 3.8) is 0 Å². The van der Waals surface area contributed by atoms with Crippen LogP contribution in [0.4, 0.5) is 5.82 Å². The standard InChI is InChI=1S/C9H15N5O3/c1-5(2)17-9(16)7-8(10)14(13-12-7)4-6(15)11-3/h5H,4,10H2,1-3H3,(H,11,15). The molecule has 17 heavy (non-hydrogen) atoms. The van der Waals surface area contributed by atoms with E-state index in [2.05, 4.69) is 15.6 Å². The molecule has 1 rings (SSSR count). The van der Waals surface area contributed by atoms with Crippen LogP contribution in [0, 0.1) is 0 Å². The molecule has 0 spiro atoms. The molecule has 3 N–H and O–H groups in total. The highest BCUT2D eigenvalue weighted by Gasteiger charge is 2.20. The topological polar surface area (TPSA) is 112 Å². The molecule has 0 aliphatic heterocycles. The van der Waals surface area contributed by atoms with Crippen LogP contribution in [0.5, 0.6) is 0 Å². The zero-order valence-corrected chi connectivity index (χ0v) is 9.93. The van der Waals surface area contributed by atoms with Gasteiger partial charge in [0.05, 0.1) is 6.10 Å². The van der Waals surface area contributed by atoms with E-state index in [1.54, 1.807) is 13.8 Å². The third-order valence-corrected chi connectivity index (χ3v) is 1.88. The number of nitrogen functional groups attached to an aromatic ring is 1. The number of nitrogens with two attached hydrogens (primary N) is 1. The number of ether oxygens (including phenoxy) is 1. The van der Waals surface area contributed by atoms with Gasteiger partial charge in [0.25, 0.3) is 0 Å². The van der Waals surface area contributed by atoms with Crippen LogP contribution in [0.2, 0.25) is 0 Å². The molecule has 0 aliphatic rings. The fraction of sp³-hybridized carbons (Fsp3) is 0.556. The maximum atomic E-state index is 11.5. The van der Waals surface area contributed by atoms with Crippen LogP contribution >= 0.6 is 0 Å². The largest absolute Gasteiger partial charge is 0.458 e. The van der Waals surface area contributed by atoms with Crippen molar-refractivity contribution in [1.82, 2.24) is 20.3 Å². The Morgan fingerprint density at radius 3 is 2.71 bits per heavy atom. The van der Waals surface area contributed by atoms with Crippen molar-refractivity contribution >= 4 is 17.7 Å². The van der Waals surface area contributed by atoms with E-state index in [0.29, 0.717) is 0 Å². The molecule has 0 bridgehead atoms. The van der Waals surface area contributed by atoms with Crippen molar-refractivity contribution in [2.24, 2.45) is 0 Å². The Hall–Kier alpha value is -2.12. The minimum absolute atomic E-state index is 0.0132. The number of amides is 1. The lowest BCUT2D eigenvalue weighted by molar-refractivity contribution is -0.121. The molecule has 1 aromatic rings. The Balaban J connectivity index is 2.83. The highest BCUT2D eigenvalue weighted by molar-refractivity contribution is 5.92. The summed E-state index contributed by atoms with van der Waals surface area (Å²) in [6.45, 7) is 3.33. The number of hydrogen-bond donors (Lipinski definition) is 2. The van der Waals surface area contributed by atoms with Crippen molar-refractivity contribution in [2.45, 2.75) is 26.5 Å². The van der Waals surface area contributed by atoms with Crippen LogP contribution in [-0.2, 0) is 16.1 Å². The predicted octanol–water partition coefficient (Wildman–Crippen LogP) is -0.828. The molecule has 0 atom stereocenters. The molecular formula is C9H15N5O3. The fourth-order valence-electron chi connectivity index (χ4n) is 1.07. The molecule has 0 aromatic carbocycles. The summed E-state index contributed by atoms with van der Waals surface area (Å²) in [5.41, 5.74) is 5.56. The summed E-state index contributed by atoms with van der Waals surface area (Å²) in [6.07, 6.45) is -0.272. The summed E-state index contributed by atoms with van der Waals surface area (Å²) in [7, 11) is 1.49.